The van der Waals surface area contributed by atoms with E-state index in [1.807, 2.05) is 13.8 Å². The Kier molecular flexibility index (Phi) is 11.0. The van der Waals surface area contributed by atoms with Gasteiger partial charge in [0.15, 0.2) is 0 Å². The molecular weight excluding hydrogens is 354 g/mol. The smallest absolute Gasteiger partial charge is 0.326 e. The summed E-state index contributed by atoms with van der Waals surface area (Å²) in [6, 6.07) is -3.49. The standard InChI is InChI=1S/C17H33N5O5/c1-9(2)8-12(22-15(24)13(18)10(3)4)14(23)21-11(16(25)26)6-5-7-20-17(19)27/h9-13H,5-8,18H2,1-4H3,(H,21,23)(H,22,24)(H,25,26)(H3,19,20,27)/t11-,12-,13+/m0/s1. The van der Waals surface area contributed by atoms with Crippen LogP contribution < -0.4 is 27.4 Å². The molecule has 0 aliphatic rings. The number of carboxylic acid groups (broad SMARTS) is 1. The molecule has 0 saturated carbocycles. The number of carbonyl (C=O) groups is 4. The summed E-state index contributed by atoms with van der Waals surface area (Å²) in [4.78, 5) is 46.8. The van der Waals surface area contributed by atoms with Crippen LogP contribution in [0.2, 0.25) is 0 Å². The lowest BCUT2D eigenvalue weighted by Gasteiger charge is -2.25. The average Bonchev–Trinajstić information content (AvgIpc) is 2.54. The molecule has 27 heavy (non-hydrogen) atoms. The maximum atomic E-state index is 12.5. The number of nitrogens with two attached hydrogens (primary N) is 2. The number of rotatable bonds is 12. The van der Waals surface area contributed by atoms with Crippen LogP contribution in [-0.2, 0) is 14.4 Å². The second kappa shape index (κ2) is 12.1. The quantitative estimate of drug-likeness (QED) is 0.246. The second-order valence-electron chi connectivity index (χ2n) is 7.29. The first kappa shape index (κ1) is 24.6. The number of hydrogen-bond acceptors (Lipinski definition) is 5. The van der Waals surface area contributed by atoms with Gasteiger partial charge in [0.05, 0.1) is 6.04 Å². The molecule has 10 heteroatoms. The summed E-state index contributed by atoms with van der Waals surface area (Å²) in [6.07, 6.45) is 0.771. The van der Waals surface area contributed by atoms with Gasteiger partial charge in [0.1, 0.15) is 12.1 Å². The average molecular weight is 387 g/mol. The summed E-state index contributed by atoms with van der Waals surface area (Å²) in [5, 5.41) is 16.7. The van der Waals surface area contributed by atoms with E-state index in [-0.39, 0.29) is 24.8 Å². The molecule has 0 aromatic heterocycles. The molecule has 0 rings (SSSR count). The maximum absolute atomic E-state index is 12.5. The van der Waals surface area contributed by atoms with Crippen LogP contribution in [0.5, 0.6) is 0 Å². The number of nitrogens with one attached hydrogen (secondary N) is 3. The molecule has 0 spiro atoms. The van der Waals surface area contributed by atoms with E-state index in [4.69, 9.17) is 11.5 Å². The van der Waals surface area contributed by atoms with E-state index in [0.29, 0.717) is 12.8 Å². The normalized spacial score (nSPS) is 14.3. The van der Waals surface area contributed by atoms with Crippen molar-refractivity contribution in [3.05, 3.63) is 0 Å². The van der Waals surface area contributed by atoms with Crippen LogP contribution in [0, 0.1) is 11.8 Å². The van der Waals surface area contributed by atoms with Gasteiger partial charge in [-0.15, -0.1) is 0 Å². The molecule has 0 fully saturated rings. The first-order chi connectivity index (χ1) is 12.5. The van der Waals surface area contributed by atoms with Crippen molar-refractivity contribution in [2.75, 3.05) is 6.54 Å². The van der Waals surface area contributed by atoms with Gasteiger partial charge < -0.3 is 32.5 Å². The van der Waals surface area contributed by atoms with Crippen LogP contribution in [0.15, 0.2) is 0 Å². The van der Waals surface area contributed by atoms with E-state index in [0.717, 1.165) is 0 Å². The van der Waals surface area contributed by atoms with Crippen molar-refractivity contribution in [2.24, 2.45) is 23.3 Å². The number of primary amides is 1. The lowest BCUT2D eigenvalue weighted by Crippen LogP contribution is -2.55. The predicted octanol–water partition coefficient (Wildman–Crippen LogP) is -0.481. The molecular formula is C17H33N5O5. The predicted molar refractivity (Wildman–Crippen MR) is 101 cm³/mol. The van der Waals surface area contributed by atoms with Gasteiger partial charge in [-0.1, -0.05) is 27.7 Å². The van der Waals surface area contributed by atoms with Gasteiger partial charge in [-0.05, 0) is 31.1 Å². The molecule has 0 unspecified atom stereocenters. The Morgan fingerprint density at radius 3 is 1.96 bits per heavy atom. The van der Waals surface area contributed by atoms with Crippen LogP contribution in [0.4, 0.5) is 4.79 Å². The maximum Gasteiger partial charge on any atom is 0.326 e. The van der Waals surface area contributed by atoms with Crippen molar-refractivity contribution in [3.8, 4) is 0 Å². The third-order valence-corrected chi connectivity index (χ3v) is 3.94. The van der Waals surface area contributed by atoms with Gasteiger partial charge in [-0.3, -0.25) is 9.59 Å². The highest BCUT2D eigenvalue weighted by Crippen LogP contribution is 2.08. The van der Waals surface area contributed by atoms with E-state index in [2.05, 4.69) is 16.0 Å². The van der Waals surface area contributed by atoms with E-state index in [1.165, 1.54) is 0 Å². The molecule has 3 atom stereocenters. The Morgan fingerprint density at radius 1 is 0.963 bits per heavy atom. The fourth-order valence-electron chi connectivity index (χ4n) is 2.32. The molecule has 0 saturated heterocycles. The zero-order valence-corrected chi connectivity index (χ0v) is 16.5. The van der Waals surface area contributed by atoms with Crippen molar-refractivity contribution < 1.29 is 24.3 Å². The van der Waals surface area contributed by atoms with Crippen LogP contribution in [0.1, 0.15) is 47.0 Å². The number of carbonyl (C=O) groups excluding carboxylic acids is 3. The van der Waals surface area contributed by atoms with E-state index in [9.17, 15) is 24.3 Å². The highest BCUT2D eigenvalue weighted by atomic mass is 16.4. The highest BCUT2D eigenvalue weighted by Gasteiger charge is 2.29. The van der Waals surface area contributed by atoms with Crippen molar-refractivity contribution in [1.29, 1.82) is 0 Å². The number of hydrogen-bond donors (Lipinski definition) is 6. The van der Waals surface area contributed by atoms with Crippen molar-refractivity contribution in [1.82, 2.24) is 16.0 Å². The molecule has 8 N–H and O–H groups in total. The van der Waals surface area contributed by atoms with Crippen LogP contribution in [0.3, 0.4) is 0 Å². The number of carboxylic acids is 1. The zero-order chi connectivity index (χ0) is 21.1. The molecule has 4 amide bonds. The van der Waals surface area contributed by atoms with Gasteiger partial charge in [-0.2, -0.15) is 0 Å². The molecule has 0 bridgehead atoms. The zero-order valence-electron chi connectivity index (χ0n) is 16.5. The molecule has 156 valence electrons. The third-order valence-electron chi connectivity index (χ3n) is 3.94. The van der Waals surface area contributed by atoms with E-state index >= 15 is 0 Å². The third kappa shape index (κ3) is 10.4. The summed E-state index contributed by atoms with van der Waals surface area (Å²) in [6.45, 7) is 7.56. The van der Waals surface area contributed by atoms with Crippen LogP contribution >= 0.6 is 0 Å². The number of aliphatic carboxylic acids is 1. The van der Waals surface area contributed by atoms with Crippen molar-refractivity contribution >= 4 is 23.8 Å². The summed E-state index contributed by atoms with van der Waals surface area (Å²) in [5.74, 6) is -2.24. The molecule has 0 radical (unpaired) electrons. The minimum atomic E-state index is -1.20. The van der Waals surface area contributed by atoms with E-state index < -0.39 is 41.9 Å². The van der Waals surface area contributed by atoms with Gasteiger partial charge >= 0.3 is 12.0 Å². The first-order valence-electron chi connectivity index (χ1n) is 9.08. The summed E-state index contributed by atoms with van der Waals surface area (Å²) >= 11 is 0. The fourth-order valence-corrected chi connectivity index (χ4v) is 2.32. The van der Waals surface area contributed by atoms with Gasteiger partial charge in [-0.25, -0.2) is 9.59 Å². The van der Waals surface area contributed by atoms with Crippen LogP contribution in [-0.4, -0.2) is 53.6 Å². The Hall–Kier alpha value is -2.36. The summed E-state index contributed by atoms with van der Waals surface area (Å²) < 4.78 is 0. The summed E-state index contributed by atoms with van der Waals surface area (Å²) in [7, 11) is 0. The molecule has 0 heterocycles. The SMILES string of the molecule is CC(C)C[C@H](NC(=O)[C@H](N)C(C)C)C(=O)N[C@@H](CCCNC(N)=O)C(=O)O. The van der Waals surface area contributed by atoms with Gasteiger partial charge in [0.25, 0.3) is 0 Å². The fraction of sp³-hybridized carbons (Fsp3) is 0.765. The first-order valence-corrected chi connectivity index (χ1v) is 9.08. The topological polar surface area (TPSA) is 177 Å². The Balaban J connectivity index is 4.93. The summed E-state index contributed by atoms with van der Waals surface area (Å²) in [5.41, 5.74) is 10.8. The lowest BCUT2D eigenvalue weighted by atomic mass is 10.00. The highest BCUT2D eigenvalue weighted by molar-refractivity contribution is 5.91. The molecule has 10 nitrogen and oxygen atoms in total. The largest absolute Gasteiger partial charge is 0.480 e. The molecule has 0 aliphatic carbocycles. The van der Waals surface area contributed by atoms with Gasteiger partial charge in [0.2, 0.25) is 11.8 Å². The number of urea groups is 1. The Labute approximate surface area is 159 Å². The van der Waals surface area contributed by atoms with Crippen molar-refractivity contribution in [3.63, 3.8) is 0 Å². The molecule has 0 aliphatic heterocycles. The monoisotopic (exact) mass is 387 g/mol. The minimum Gasteiger partial charge on any atom is -0.480 e. The Bertz CT molecular complexity index is 524. The lowest BCUT2D eigenvalue weighted by molar-refractivity contribution is -0.142. The minimum absolute atomic E-state index is 0.0966. The molecule has 0 aromatic carbocycles. The number of amides is 4. The van der Waals surface area contributed by atoms with Crippen molar-refractivity contribution in [2.45, 2.75) is 65.1 Å². The van der Waals surface area contributed by atoms with Crippen LogP contribution in [0.25, 0.3) is 0 Å². The van der Waals surface area contributed by atoms with E-state index in [1.54, 1.807) is 13.8 Å². The van der Waals surface area contributed by atoms with Gasteiger partial charge in [0, 0.05) is 6.54 Å². The molecule has 0 aromatic rings. The Morgan fingerprint density at radius 2 is 1.52 bits per heavy atom. The second-order valence-corrected chi connectivity index (χ2v) is 7.29.